The van der Waals surface area contributed by atoms with Gasteiger partial charge in [-0.1, -0.05) is 13.8 Å². The average Bonchev–Trinajstić information content (AvgIpc) is 2.71. The molecular weight excluding hydrogens is 382 g/mol. The second-order valence-electron chi connectivity index (χ2n) is 7.84. The van der Waals surface area contributed by atoms with Gasteiger partial charge in [-0.2, -0.15) is 0 Å². The quantitative estimate of drug-likeness (QED) is 0.654. The van der Waals surface area contributed by atoms with Crippen LogP contribution in [0, 0.1) is 12.8 Å². The molecule has 7 heteroatoms. The Hall–Kier alpha value is -3.35. The predicted molar refractivity (Wildman–Crippen MR) is 116 cm³/mol. The van der Waals surface area contributed by atoms with Gasteiger partial charge in [0.05, 0.1) is 0 Å². The number of fused-ring (bicyclic) bond motifs is 1. The summed E-state index contributed by atoms with van der Waals surface area (Å²) >= 11 is 0. The molecule has 1 aliphatic rings. The van der Waals surface area contributed by atoms with Crippen molar-refractivity contribution >= 4 is 29.1 Å². The largest absolute Gasteiger partial charge is 0.484 e. The number of amides is 3. The fourth-order valence-electron chi connectivity index (χ4n) is 3.13. The Morgan fingerprint density at radius 3 is 2.67 bits per heavy atom. The first kappa shape index (κ1) is 21.4. The summed E-state index contributed by atoms with van der Waals surface area (Å²) in [6.45, 7) is 6.39. The van der Waals surface area contributed by atoms with Crippen molar-refractivity contribution in [3.63, 3.8) is 0 Å². The van der Waals surface area contributed by atoms with Crippen LogP contribution in [0.1, 0.15) is 41.8 Å². The number of carbonyl (C=O) groups excluding carboxylic acids is 3. The monoisotopic (exact) mass is 409 g/mol. The van der Waals surface area contributed by atoms with Crippen LogP contribution in [0.4, 0.5) is 11.4 Å². The van der Waals surface area contributed by atoms with Crippen LogP contribution in [0.15, 0.2) is 36.4 Å². The van der Waals surface area contributed by atoms with Crippen LogP contribution >= 0.6 is 0 Å². The number of benzene rings is 2. The van der Waals surface area contributed by atoms with E-state index in [1.54, 1.807) is 30.3 Å². The van der Waals surface area contributed by atoms with Crippen molar-refractivity contribution < 1.29 is 19.1 Å². The van der Waals surface area contributed by atoms with E-state index in [1.807, 2.05) is 26.8 Å². The van der Waals surface area contributed by atoms with Gasteiger partial charge in [-0.25, -0.2) is 0 Å². The van der Waals surface area contributed by atoms with E-state index in [0.29, 0.717) is 42.3 Å². The summed E-state index contributed by atoms with van der Waals surface area (Å²) in [4.78, 5) is 35.9. The Bertz CT molecular complexity index is 969. The fourth-order valence-corrected chi connectivity index (χ4v) is 3.13. The third kappa shape index (κ3) is 5.59. The number of nitrogens with one attached hydrogen (secondary N) is 3. The zero-order chi connectivity index (χ0) is 21.7. The molecule has 0 spiro atoms. The SMILES string of the molecule is Cc1cc(C(=O)NCC(C)C)ccc1NC(=O)COc1ccc2c(c1)CCC(=O)N2. The summed E-state index contributed by atoms with van der Waals surface area (Å²) in [5.41, 5.74) is 3.77. The van der Waals surface area contributed by atoms with Crippen molar-refractivity contribution in [2.24, 2.45) is 5.92 Å². The van der Waals surface area contributed by atoms with Crippen molar-refractivity contribution in [3.05, 3.63) is 53.1 Å². The van der Waals surface area contributed by atoms with Gasteiger partial charge in [-0.3, -0.25) is 14.4 Å². The Labute approximate surface area is 176 Å². The molecule has 0 fully saturated rings. The highest BCUT2D eigenvalue weighted by Crippen LogP contribution is 2.26. The minimum Gasteiger partial charge on any atom is -0.484 e. The highest BCUT2D eigenvalue weighted by Gasteiger charge is 2.16. The van der Waals surface area contributed by atoms with Gasteiger partial charge in [0.1, 0.15) is 5.75 Å². The molecule has 3 amide bonds. The van der Waals surface area contributed by atoms with Crippen molar-refractivity contribution in [1.29, 1.82) is 0 Å². The smallest absolute Gasteiger partial charge is 0.262 e. The summed E-state index contributed by atoms with van der Waals surface area (Å²) in [6.07, 6.45) is 1.10. The van der Waals surface area contributed by atoms with Gasteiger partial charge in [0, 0.05) is 29.9 Å². The molecule has 7 nitrogen and oxygen atoms in total. The van der Waals surface area contributed by atoms with Gasteiger partial charge in [-0.15, -0.1) is 0 Å². The normalized spacial score (nSPS) is 12.7. The molecule has 1 aliphatic heterocycles. The van der Waals surface area contributed by atoms with Gasteiger partial charge in [0.15, 0.2) is 6.61 Å². The fraction of sp³-hybridized carbons (Fsp3) is 0.348. The Balaban J connectivity index is 1.55. The van der Waals surface area contributed by atoms with Crippen LogP contribution in [-0.2, 0) is 16.0 Å². The maximum Gasteiger partial charge on any atom is 0.262 e. The average molecular weight is 409 g/mol. The molecule has 2 aromatic carbocycles. The lowest BCUT2D eigenvalue weighted by Gasteiger charge is -2.17. The Kier molecular flexibility index (Phi) is 6.72. The van der Waals surface area contributed by atoms with E-state index < -0.39 is 0 Å². The summed E-state index contributed by atoms with van der Waals surface area (Å²) in [7, 11) is 0. The first-order valence-corrected chi connectivity index (χ1v) is 10.1. The number of rotatable bonds is 7. The number of aryl methyl sites for hydroxylation is 2. The maximum absolute atomic E-state index is 12.3. The lowest BCUT2D eigenvalue weighted by Crippen LogP contribution is -2.27. The van der Waals surface area contributed by atoms with E-state index in [1.165, 1.54) is 0 Å². The second-order valence-corrected chi connectivity index (χ2v) is 7.84. The maximum atomic E-state index is 12.3. The lowest BCUT2D eigenvalue weighted by atomic mass is 10.0. The summed E-state index contributed by atoms with van der Waals surface area (Å²) in [5, 5.41) is 8.51. The van der Waals surface area contributed by atoms with Crippen LogP contribution < -0.4 is 20.7 Å². The molecule has 0 unspecified atom stereocenters. The van der Waals surface area contributed by atoms with E-state index in [0.717, 1.165) is 16.8 Å². The first-order chi connectivity index (χ1) is 14.3. The van der Waals surface area contributed by atoms with Gasteiger partial charge in [0.2, 0.25) is 5.91 Å². The number of ether oxygens (including phenoxy) is 1. The molecule has 2 aromatic rings. The molecule has 3 N–H and O–H groups in total. The van der Waals surface area contributed by atoms with E-state index >= 15 is 0 Å². The predicted octanol–water partition coefficient (Wildman–Crippen LogP) is 3.28. The van der Waals surface area contributed by atoms with Crippen LogP contribution in [0.3, 0.4) is 0 Å². The standard InChI is InChI=1S/C23H27N3O4/c1-14(2)12-24-23(29)17-4-7-19(15(3)10-17)25-22(28)13-30-18-6-8-20-16(11-18)5-9-21(27)26-20/h4,6-8,10-11,14H,5,9,12-13H2,1-3H3,(H,24,29)(H,25,28)(H,26,27). The number of hydrogen-bond acceptors (Lipinski definition) is 4. The molecule has 1 heterocycles. The highest BCUT2D eigenvalue weighted by molar-refractivity contribution is 5.97. The Morgan fingerprint density at radius 1 is 1.13 bits per heavy atom. The van der Waals surface area contributed by atoms with Gasteiger partial charge < -0.3 is 20.7 Å². The van der Waals surface area contributed by atoms with Crippen LogP contribution in [0.2, 0.25) is 0 Å². The van der Waals surface area contributed by atoms with Crippen LogP contribution in [0.25, 0.3) is 0 Å². The molecule has 0 aromatic heterocycles. The van der Waals surface area contributed by atoms with Crippen molar-refractivity contribution in [3.8, 4) is 5.75 Å². The van der Waals surface area contributed by atoms with E-state index in [2.05, 4.69) is 16.0 Å². The molecule has 0 saturated carbocycles. The molecule has 0 atom stereocenters. The van der Waals surface area contributed by atoms with Crippen molar-refractivity contribution in [2.75, 3.05) is 23.8 Å². The van der Waals surface area contributed by atoms with Gasteiger partial charge in [0.25, 0.3) is 11.8 Å². The molecule has 0 aliphatic carbocycles. The molecule has 0 radical (unpaired) electrons. The topological polar surface area (TPSA) is 96.5 Å². The van der Waals surface area contributed by atoms with Crippen molar-refractivity contribution in [1.82, 2.24) is 5.32 Å². The number of hydrogen-bond donors (Lipinski definition) is 3. The van der Waals surface area contributed by atoms with Crippen LogP contribution in [-0.4, -0.2) is 30.9 Å². The molecule has 0 bridgehead atoms. The molecule has 30 heavy (non-hydrogen) atoms. The van der Waals surface area contributed by atoms with E-state index in [9.17, 15) is 14.4 Å². The zero-order valence-corrected chi connectivity index (χ0v) is 17.5. The Morgan fingerprint density at radius 2 is 1.93 bits per heavy atom. The summed E-state index contributed by atoms with van der Waals surface area (Å²) < 4.78 is 5.60. The van der Waals surface area contributed by atoms with Gasteiger partial charge in [-0.05, 0) is 66.8 Å². The molecular formula is C23H27N3O4. The van der Waals surface area contributed by atoms with Crippen LogP contribution in [0.5, 0.6) is 5.75 Å². The third-order valence-corrected chi connectivity index (χ3v) is 4.78. The molecule has 3 rings (SSSR count). The minimum atomic E-state index is -0.291. The lowest BCUT2D eigenvalue weighted by molar-refractivity contribution is -0.118. The number of carbonyl (C=O) groups is 3. The minimum absolute atomic E-state index is 0.00865. The second kappa shape index (κ2) is 9.43. The third-order valence-electron chi connectivity index (χ3n) is 4.78. The number of anilines is 2. The van der Waals surface area contributed by atoms with E-state index in [-0.39, 0.29) is 24.3 Å². The highest BCUT2D eigenvalue weighted by atomic mass is 16.5. The van der Waals surface area contributed by atoms with Gasteiger partial charge >= 0.3 is 0 Å². The van der Waals surface area contributed by atoms with Crippen molar-refractivity contribution in [2.45, 2.75) is 33.6 Å². The molecule has 158 valence electrons. The van der Waals surface area contributed by atoms with E-state index in [4.69, 9.17) is 4.74 Å². The summed E-state index contributed by atoms with van der Waals surface area (Å²) in [6, 6.07) is 10.5. The zero-order valence-electron chi connectivity index (χ0n) is 17.5. The first-order valence-electron chi connectivity index (χ1n) is 10.1. The summed E-state index contributed by atoms with van der Waals surface area (Å²) in [5.74, 6) is 0.545. The molecule has 0 saturated heterocycles.